The van der Waals surface area contributed by atoms with E-state index in [1.807, 2.05) is 41.9 Å². The second-order valence-electron chi connectivity index (χ2n) is 10.6. The summed E-state index contributed by atoms with van der Waals surface area (Å²) in [5, 5.41) is 14.5. The molecule has 5 rings (SSSR count). The van der Waals surface area contributed by atoms with E-state index in [9.17, 15) is 4.79 Å². The van der Waals surface area contributed by atoms with Crippen LogP contribution in [0.25, 0.3) is 10.9 Å². The Morgan fingerprint density at radius 1 is 1.00 bits per heavy atom. The molecule has 4 aromatic rings. The Labute approximate surface area is 215 Å². The SMILES string of the molecule is Cc1ccc2cc(C(c3nnnn3C(C)(C)C)N3CCN(c4cc(Cl)ccc4C)CC3)c(=O)[nH]c2c1. The fraction of sp³-hybridized carbons (Fsp3) is 0.407. The number of aryl methyl sites for hydroxylation is 2. The van der Waals surface area contributed by atoms with Crippen molar-refractivity contribution in [2.75, 3.05) is 31.1 Å². The van der Waals surface area contributed by atoms with Crippen molar-refractivity contribution >= 4 is 28.2 Å². The molecule has 36 heavy (non-hydrogen) atoms. The van der Waals surface area contributed by atoms with Crippen LogP contribution in [-0.4, -0.2) is 56.3 Å². The van der Waals surface area contributed by atoms with Crippen LogP contribution in [0.5, 0.6) is 0 Å². The number of hydrogen-bond acceptors (Lipinski definition) is 6. The number of nitrogens with zero attached hydrogens (tertiary/aromatic N) is 6. The molecule has 2 aromatic carbocycles. The van der Waals surface area contributed by atoms with Crippen LogP contribution in [0.1, 0.15) is 49.3 Å². The predicted molar refractivity (Wildman–Crippen MR) is 144 cm³/mol. The summed E-state index contributed by atoms with van der Waals surface area (Å²) >= 11 is 6.30. The van der Waals surface area contributed by atoms with Crippen molar-refractivity contribution < 1.29 is 0 Å². The number of rotatable bonds is 4. The van der Waals surface area contributed by atoms with Crippen LogP contribution in [-0.2, 0) is 5.54 Å². The average molecular weight is 506 g/mol. The molecule has 1 aliphatic rings. The summed E-state index contributed by atoms with van der Waals surface area (Å²) in [7, 11) is 0. The molecular formula is C27H32ClN7O. The van der Waals surface area contributed by atoms with Gasteiger partial charge in [0.25, 0.3) is 5.56 Å². The summed E-state index contributed by atoms with van der Waals surface area (Å²) in [5.74, 6) is 0.673. The molecule has 1 atom stereocenters. The van der Waals surface area contributed by atoms with Crippen LogP contribution in [0.2, 0.25) is 5.02 Å². The number of aromatic nitrogens is 5. The number of hydrogen-bond donors (Lipinski definition) is 1. The smallest absolute Gasteiger partial charge is 0.253 e. The highest BCUT2D eigenvalue weighted by molar-refractivity contribution is 6.30. The Morgan fingerprint density at radius 2 is 1.75 bits per heavy atom. The largest absolute Gasteiger partial charge is 0.369 e. The van der Waals surface area contributed by atoms with E-state index >= 15 is 0 Å². The maximum absolute atomic E-state index is 13.5. The highest BCUT2D eigenvalue weighted by Gasteiger charge is 2.35. The minimum absolute atomic E-state index is 0.116. The van der Waals surface area contributed by atoms with Crippen molar-refractivity contribution in [3.8, 4) is 0 Å². The van der Waals surface area contributed by atoms with Crippen LogP contribution in [0.3, 0.4) is 0 Å². The van der Waals surface area contributed by atoms with Gasteiger partial charge in [-0.15, -0.1) is 5.10 Å². The maximum atomic E-state index is 13.5. The molecule has 9 heteroatoms. The van der Waals surface area contributed by atoms with E-state index in [0.717, 1.165) is 53.4 Å². The number of pyridine rings is 1. The Kier molecular flexibility index (Phi) is 6.34. The van der Waals surface area contributed by atoms with Gasteiger partial charge in [0.1, 0.15) is 6.04 Å². The monoisotopic (exact) mass is 505 g/mol. The number of benzene rings is 2. The molecule has 1 fully saturated rings. The standard InChI is InChI=1S/C27H32ClN7O/c1-17-6-8-19-15-21(26(36)29-22(19)14-17)24(25-30-31-32-35(25)27(3,4)5)34-12-10-33(11-13-34)23-16-20(28)9-7-18(23)2/h6-9,14-16,24H,10-13H2,1-5H3,(H,29,36). The first kappa shape index (κ1) is 24.5. The number of piperazine rings is 1. The van der Waals surface area contributed by atoms with E-state index in [2.05, 4.69) is 70.1 Å². The molecule has 0 spiro atoms. The van der Waals surface area contributed by atoms with E-state index in [1.54, 1.807) is 0 Å². The quantitative estimate of drug-likeness (QED) is 0.441. The first-order valence-electron chi connectivity index (χ1n) is 12.3. The average Bonchev–Trinajstić information content (AvgIpc) is 3.32. The Hall–Kier alpha value is -3.23. The van der Waals surface area contributed by atoms with Gasteiger partial charge in [-0.2, -0.15) is 0 Å². The summed E-state index contributed by atoms with van der Waals surface area (Å²) in [4.78, 5) is 21.2. The van der Waals surface area contributed by atoms with Crippen molar-refractivity contribution in [3.63, 3.8) is 0 Å². The number of fused-ring (bicyclic) bond motifs is 1. The van der Waals surface area contributed by atoms with E-state index in [4.69, 9.17) is 11.6 Å². The second kappa shape index (κ2) is 9.33. The van der Waals surface area contributed by atoms with Gasteiger partial charge in [0, 0.05) is 48.0 Å². The van der Waals surface area contributed by atoms with Gasteiger partial charge in [0.05, 0.1) is 5.54 Å². The van der Waals surface area contributed by atoms with Gasteiger partial charge >= 0.3 is 0 Å². The number of tetrazole rings is 1. The first-order valence-corrected chi connectivity index (χ1v) is 12.7. The predicted octanol–water partition coefficient (Wildman–Crippen LogP) is 4.45. The molecular weight excluding hydrogens is 474 g/mol. The highest BCUT2D eigenvalue weighted by Crippen LogP contribution is 2.32. The molecule has 0 amide bonds. The van der Waals surface area contributed by atoms with Gasteiger partial charge in [-0.05, 0) is 85.8 Å². The van der Waals surface area contributed by atoms with Crippen molar-refractivity contribution in [2.24, 2.45) is 0 Å². The Morgan fingerprint density at radius 3 is 2.47 bits per heavy atom. The molecule has 0 saturated carbocycles. The summed E-state index contributed by atoms with van der Waals surface area (Å²) in [6, 6.07) is 13.7. The lowest BCUT2D eigenvalue weighted by atomic mass is 10.0. The summed E-state index contributed by atoms with van der Waals surface area (Å²) in [6.07, 6.45) is 0. The van der Waals surface area contributed by atoms with Crippen molar-refractivity contribution in [1.29, 1.82) is 0 Å². The third kappa shape index (κ3) is 4.63. The fourth-order valence-corrected chi connectivity index (χ4v) is 5.19. The van der Waals surface area contributed by atoms with Gasteiger partial charge in [-0.25, -0.2) is 4.68 Å². The van der Waals surface area contributed by atoms with Gasteiger partial charge < -0.3 is 9.88 Å². The molecule has 0 bridgehead atoms. The topological polar surface area (TPSA) is 82.9 Å². The van der Waals surface area contributed by atoms with Gasteiger partial charge in [-0.3, -0.25) is 9.69 Å². The molecule has 1 saturated heterocycles. The molecule has 188 valence electrons. The van der Waals surface area contributed by atoms with E-state index in [0.29, 0.717) is 11.4 Å². The third-order valence-electron chi connectivity index (χ3n) is 6.89. The summed E-state index contributed by atoms with van der Waals surface area (Å²) in [6.45, 7) is 13.4. The molecule has 1 unspecified atom stereocenters. The van der Waals surface area contributed by atoms with Gasteiger partial charge in [0.15, 0.2) is 5.82 Å². The zero-order chi connectivity index (χ0) is 25.6. The van der Waals surface area contributed by atoms with Crippen molar-refractivity contribution in [1.82, 2.24) is 30.1 Å². The van der Waals surface area contributed by atoms with Crippen molar-refractivity contribution in [3.05, 3.63) is 80.4 Å². The number of nitrogens with one attached hydrogen (secondary N) is 1. The van der Waals surface area contributed by atoms with E-state index in [-0.39, 0.29) is 17.1 Å². The minimum Gasteiger partial charge on any atom is -0.369 e. The van der Waals surface area contributed by atoms with Crippen LogP contribution in [0.15, 0.2) is 47.3 Å². The molecule has 1 aliphatic heterocycles. The number of anilines is 1. The summed E-state index contributed by atoms with van der Waals surface area (Å²) < 4.78 is 1.84. The van der Waals surface area contributed by atoms with Crippen LogP contribution < -0.4 is 10.5 Å². The Balaban J connectivity index is 1.55. The molecule has 0 radical (unpaired) electrons. The first-order chi connectivity index (χ1) is 17.1. The van der Waals surface area contributed by atoms with Crippen LogP contribution in [0, 0.1) is 13.8 Å². The lowest BCUT2D eigenvalue weighted by Crippen LogP contribution is -2.49. The molecule has 1 N–H and O–H groups in total. The lowest BCUT2D eigenvalue weighted by Gasteiger charge is -2.40. The molecule has 8 nitrogen and oxygen atoms in total. The number of halogens is 1. The van der Waals surface area contributed by atoms with Crippen LogP contribution >= 0.6 is 11.6 Å². The highest BCUT2D eigenvalue weighted by atomic mass is 35.5. The van der Waals surface area contributed by atoms with Crippen molar-refractivity contribution in [2.45, 2.75) is 46.2 Å². The fourth-order valence-electron chi connectivity index (χ4n) is 5.02. The molecule has 2 aromatic heterocycles. The third-order valence-corrected chi connectivity index (χ3v) is 7.12. The molecule has 0 aliphatic carbocycles. The maximum Gasteiger partial charge on any atom is 0.253 e. The molecule has 3 heterocycles. The minimum atomic E-state index is -0.378. The van der Waals surface area contributed by atoms with E-state index < -0.39 is 0 Å². The Bertz CT molecular complexity index is 1460. The van der Waals surface area contributed by atoms with Gasteiger partial charge in [-0.1, -0.05) is 29.8 Å². The van der Waals surface area contributed by atoms with Gasteiger partial charge in [0.2, 0.25) is 0 Å². The normalized spacial score (nSPS) is 16.0. The summed E-state index contributed by atoms with van der Waals surface area (Å²) in [5.41, 5.74) is 4.48. The zero-order valence-electron chi connectivity index (χ0n) is 21.4. The van der Waals surface area contributed by atoms with Crippen LogP contribution in [0.4, 0.5) is 5.69 Å². The number of H-pyrrole nitrogens is 1. The number of aromatic amines is 1. The lowest BCUT2D eigenvalue weighted by molar-refractivity contribution is 0.190. The second-order valence-corrected chi connectivity index (χ2v) is 11.1. The van der Waals surface area contributed by atoms with E-state index in [1.165, 1.54) is 5.56 Å². The zero-order valence-corrected chi connectivity index (χ0v) is 22.2.